The van der Waals surface area contributed by atoms with Crippen LogP contribution in [0.25, 0.3) is 0 Å². The van der Waals surface area contributed by atoms with Gasteiger partial charge in [0.05, 0.1) is 5.02 Å². The summed E-state index contributed by atoms with van der Waals surface area (Å²) in [5.74, 6) is -1.21. The van der Waals surface area contributed by atoms with Gasteiger partial charge in [-0.25, -0.2) is 4.79 Å². The van der Waals surface area contributed by atoms with Gasteiger partial charge in [-0.3, -0.25) is 0 Å². The predicted octanol–water partition coefficient (Wildman–Crippen LogP) is 2.71. The van der Waals surface area contributed by atoms with Gasteiger partial charge in [0.15, 0.2) is 17.6 Å². The van der Waals surface area contributed by atoms with E-state index in [0.29, 0.717) is 5.02 Å². The van der Waals surface area contributed by atoms with Crippen molar-refractivity contribution in [2.24, 2.45) is 0 Å². The van der Waals surface area contributed by atoms with Crippen LogP contribution in [-0.4, -0.2) is 57.1 Å². The SMILES string of the molecule is O=C(O)C1OC(Oc2cc(Cl)ccc2Oc2ccc(Cl)cc2Cl)C(O)C(O)C1O. The lowest BCUT2D eigenvalue weighted by Gasteiger charge is -2.38. The molecule has 0 radical (unpaired) electrons. The van der Waals surface area contributed by atoms with Gasteiger partial charge in [0.25, 0.3) is 0 Å². The third kappa shape index (κ3) is 4.87. The van der Waals surface area contributed by atoms with Crippen LogP contribution in [0.3, 0.4) is 0 Å². The number of carboxylic acid groups (broad SMARTS) is 1. The molecule has 1 saturated heterocycles. The van der Waals surface area contributed by atoms with E-state index in [1.54, 1.807) is 6.07 Å². The molecule has 5 unspecified atom stereocenters. The van der Waals surface area contributed by atoms with Crippen molar-refractivity contribution in [1.29, 1.82) is 0 Å². The second-order valence-electron chi connectivity index (χ2n) is 6.12. The molecule has 11 heteroatoms. The van der Waals surface area contributed by atoms with Crippen LogP contribution in [0.1, 0.15) is 0 Å². The molecule has 0 aromatic heterocycles. The summed E-state index contributed by atoms with van der Waals surface area (Å²) in [6, 6.07) is 8.85. The Bertz CT molecular complexity index is 909. The topological polar surface area (TPSA) is 126 Å². The molecule has 2 aromatic rings. The number of hydrogen-bond donors (Lipinski definition) is 4. The zero-order chi connectivity index (χ0) is 21.3. The Balaban J connectivity index is 1.88. The quantitative estimate of drug-likeness (QED) is 0.531. The van der Waals surface area contributed by atoms with E-state index in [0.717, 1.165) is 0 Å². The fourth-order valence-electron chi connectivity index (χ4n) is 2.61. The lowest BCUT2D eigenvalue weighted by molar-refractivity contribution is -0.271. The summed E-state index contributed by atoms with van der Waals surface area (Å²) in [6.07, 6.45) is -8.84. The lowest BCUT2D eigenvalue weighted by atomic mass is 9.99. The number of ether oxygens (including phenoxy) is 3. The van der Waals surface area contributed by atoms with Crippen LogP contribution in [0.5, 0.6) is 17.2 Å². The van der Waals surface area contributed by atoms with Gasteiger partial charge in [0.2, 0.25) is 6.29 Å². The van der Waals surface area contributed by atoms with E-state index in [1.807, 2.05) is 0 Å². The highest BCUT2D eigenvalue weighted by Gasteiger charge is 2.48. The van der Waals surface area contributed by atoms with Crippen molar-refractivity contribution in [3.05, 3.63) is 51.5 Å². The zero-order valence-electron chi connectivity index (χ0n) is 14.4. The summed E-state index contributed by atoms with van der Waals surface area (Å²) < 4.78 is 16.3. The molecule has 0 spiro atoms. The molecular formula is C18H15Cl3O8. The molecule has 0 amide bonds. The van der Waals surface area contributed by atoms with Crippen LogP contribution in [0.2, 0.25) is 15.1 Å². The highest BCUT2D eigenvalue weighted by molar-refractivity contribution is 6.35. The molecule has 1 heterocycles. The van der Waals surface area contributed by atoms with Gasteiger partial charge in [-0.15, -0.1) is 0 Å². The van der Waals surface area contributed by atoms with Crippen molar-refractivity contribution in [3.8, 4) is 17.2 Å². The number of halogens is 3. The van der Waals surface area contributed by atoms with Gasteiger partial charge in [-0.1, -0.05) is 34.8 Å². The van der Waals surface area contributed by atoms with Gasteiger partial charge in [0.1, 0.15) is 24.1 Å². The fourth-order valence-corrected chi connectivity index (χ4v) is 3.22. The minimum atomic E-state index is -1.84. The number of rotatable bonds is 5. The number of benzene rings is 2. The highest BCUT2D eigenvalue weighted by Crippen LogP contribution is 2.39. The first-order chi connectivity index (χ1) is 13.7. The normalized spacial score (nSPS) is 26.8. The average molecular weight is 466 g/mol. The molecule has 1 aliphatic rings. The van der Waals surface area contributed by atoms with Crippen molar-refractivity contribution in [3.63, 3.8) is 0 Å². The third-order valence-electron chi connectivity index (χ3n) is 4.08. The van der Waals surface area contributed by atoms with Crippen LogP contribution < -0.4 is 9.47 Å². The standard InChI is InChI=1S/C18H15Cl3O8/c19-7-1-3-10(9(21)5-7)27-11-4-2-8(20)6-12(11)28-18-15(24)13(22)14(23)16(29-18)17(25)26/h1-6,13-16,18,22-24H,(H,25,26). The zero-order valence-corrected chi connectivity index (χ0v) is 16.7. The van der Waals surface area contributed by atoms with E-state index >= 15 is 0 Å². The first-order valence-electron chi connectivity index (χ1n) is 8.19. The van der Waals surface area contributed by atoms with E-state index in [-0.39, 0.29) is 27.3 Å². The van der Waals surface area contributed by atoms with Crippen molar-refractivity contribution < 1.29 is 39.4 Å². The van der Waals surface area contributed by atoms with E-state index in [1.165, 1.54) is 30.3 Å². The molecule has 1 fully saturated rings. The maximum atomic E-state index is 11.2. The molecular weight excluding hydrogens is 451 g/mol. The maximum Gasteiger partial charge on any atom is 0.335 e. The number of hydrogen-bond acceptors (Lipinski definition) is 7. The molecule has 8 nitrogen and oxygen atoms in total. The summed E-state index contributed by atoms with van der Waals surface area (Å²) in [5.41, 5.74) is 0. The van der Waals surface area contributed by atoms with Gasteiger partial charge in [0, 0.05) is 16.1 Å². The van der Waals surface area contributed by atoms with Gasteiger partial charge >= 0.3 is 5.97 Å². The summed E-state index contributed by atoms with van der Waals surface area (Å²) >= 11 is 18.0. The molecule has 5 atom stereocenters. The van der Waals surface area contributed by atoms with Crippen LogP contribution in [0.4, 0.5) is 0 Å². The van der Waals surface area contributed by atoms with Crippen molar-refractivity contribution in [2.45, 2.75) is 30.7 Å². The Morgan fingerprint density at radius 1 is 0.862 bits per heavy atom. The smallest absolute Gasteiger partial charge is 0.335 e. The molecule has 2 aromatic carbocycles. The first kappa shape index (κ1) is 21.9. The molecule has 1 aliphatic heterocycles. The summed E-state index contributed by atoms with van der Waals surface area (Å²) in [6.45, 7) is 0. The van der Waals surface area contributed by atoms with Crippen LogP contribution in [0.15, 0.2) is 36.4 Å². The Morgan fingerprint density at radius 3 is 2.10 bits per heavy atom. The van der Waals surface area contributed by atoms with Crippen molar-refractivity contribution in [2.75, 3.05) is 0 Å². The third-order valence-corrected chi connectivity index (χ3v) is 4.84. The summed E-state index contributed by atoms with van der Waals surface area (Å²) in [7, 11) is 0. The molecule has 156 valence electrons. The van der Waals surface area contributed by atoms with Gasteiger partial charge in [-0.2, -0.15) is 0 Å². The molecule has 4 N–H and O–H groups in total. The average Bonchev–Trinajstić information content (AvgIpc) is 2.66. The van der Waals surface area contributed by atoms with E-state index < -0.39 is 36.7 Å². The largest absolute Gasteiger partial charge is 0.479 e. The molecule has 0 bridgehead atoms. The molecule has 0 saturated carbocycles. The van der Waals surface area contributed by atoms with Crippen LogP contribution in [0, 0.1) is 0 Å². The monoisotopic (exact) mass is 464 g/mol. The highest BCUT2D eigenvalue weighted by atomic mass is 35.5. The Morgan fingerprint density at radius 2 is 1.48 bits per heavy atom. The Kier molecular flexibility index (Phi) is 6.75. The fraction of sp³-hybridized carbons (Fsp3) is 0.278. The maximum absolute atomic E-state index is 11.2. The number of carbonyl (C=O) groups is 1. The van der Waals surface area contributed by atoms with Gasteiger partial charge in [-0.05, 0) is 30.3 Å². The first-order valence-corrected chi connectivity index (χ1v) is 9.32. The number of aliphatic hydroxyl groups is 3. The van der Waals surface area contributed by atoms with Crippen LogP contribution in [-0.2, 0) is 9.53 Å². The number of aliphatic hydroxyl groups excluding tert-OH is 3. The minimum Gasteiger partial charge on any atom is -0.479 e. The Labute approximate surface area is 179 Å². The van der Waals surface area contributed by atoms with Crippen molar-refractivity contribution >= 4 is 40.8 Å². The predicted molar refractivity (Wildman–Crippen MR) is 103 cm³/mol. The number of aliphatic carboxylic acids is 1. The van der Waals surface area contributed by atoms with Crippen molar-refractivity contribution in [1.82, 2.24) is 0 Å². The second kappa shape index (κ2) is 8.93. The number of carboxylic acids is 1. The molecule has 0 aliphatic carbocycles. The van der Waals surface area contributed by atoms with E-state index in [4.69, 9.17) is 54.1 Å². The molecule has 29 heavy (non-hydrogen) atoms. The minimum absolute atomic E-state index is 0.0275. The lowest BCUT2D eigenvalue weighted by Crippen LogP contribution is -2.61. The Hall–Kier alpha value is -1.78. The van der Waals surface area contributed by atoms with Crippen LogP contribution >= 0.6 is 34.8 Å². The van der Waals surface area contributed by atoms with E-state index in [9.17, 15) is 20.1 Å². The second-order valence-corrected chi connectivity index (χ2v) is 7.40. The van der Waals surface area contributed by atoms with Gasteiger partial charge < -0.3 is 34.6 Å². The summed E-state index contributed by atoms with van der Waals surface area (Å²) in [5, 5.41) is 39.8. The van der Waals surface area contributed by atoms with E-state index in [2.05, 4.69) is 0 Å². The molecule has 3 rings (SSSR count). The summed E-state index contributed by atoms with van der Waals surface area (Å²) in [4.78, 5) is 11.2.